The molecule has 0 bridgehead atoms. The van der Waals surface area contributed by atoms with Gasteiger partial charge in [-0.2, -0.15) is 4.89 Å². The Labute approximate surface area is 211 Å². The van der Waals surface area contributed by atoms with E-state index < -0.39 is 16.1 Å². The van der Waals surface area contributed by atoms with Crippen molar-refractivity contribution in [1.82, 2.24) is 9.21 Å². The van der Waals surface area contributed by atoms with Crippen LogP contribution in [0, 0.1) is 0 Å². The van der Waals surface area contributed by atoms with E-state index in [1.807, 2.05) is 18.2 Å². The molecule has 1 saturated heterocycles. The monoisotopic (exact) mass is 516 g/mol. The van der Waals surface area contributed by atoms with Crippen LogP contribution in [0.3, 0.4) is 0 Å². The molecule has 2 aromatic rings. The van der Waals surface area contributed by atoms with E-state index in [4.69, 9.17) is 14.5 Å². The lowest BCUT2D eigenvalue weighted by atomic mass is 10.1. The highest BCUT2D eigenvalue weighted by atomic mass is 32.2. The predicted molar refractivity (Wildman–Crippen MR) is 135 cm³/mol. The molecule has 0 atom stereocenters. The minimum absolute atomic E-state index is 0.110. The van der Waals surface area contributed by atoms with Crippen molar-refractivity contribution in [3.05, 3.63) is 42.0 Å². The Bertz CT molecular complexity index is 1210. The standard InChI is InChI=1S/C25H32N4O6S/c1-33-22-9-3-2-8-21(22)28-14-12-27(13-15-28)10-4-5-11-29-25(30)26-20-18-23-19(7-6-16-34-35-23)17-24(20)36(29,31)32/h2-3,8-9,17-18H,4-7,10-16H2,1H3,(H,26,30). The lowest BCUT2D eigenvalue weighted by Gasteiger charge is -2.36. The van der Waals surface area contributed by atoms with Crippen molar-refractivity contribution >= 4 is 27.4 Å². The average Bonchev–Trinajstić information content (AvgIpc) is 3.12. The van der Waals surface area contributed by atoms with Gasteiger partial charge in [-0.25, -0.2) is 17.5 Å². The zero-order valence-electron chi connectivity index (χ0n) is 20.4. The highest BCUT2D eigenvalue weighted by molar-refractivity contribution is 7.90. The number of nitrogens with zero attached hydrogens (tertiary/aromatic N) is 3. The Morgan fingerprint density at radius 3 is 2.64 bits per heavy atom. The van der Waals surface area contributed by atoms with Crippen molar-refractivity contribution in [1.29, 1.82) is 0 Å². The van der Waals surface area contributed by atoms with Crippen molar-refractivity contribution in [2.75, 3.05) is 63.2 Å². The summed E-state index contributed by atoms with van der Waals surface area (Å²) in [6, 6.07) is 10.5. The molecule has 2 aromatic carbocycles. The number of hydrogen-bond acceptors (Lipinski definition) is 8. The van der Waals surface area contributed by atoms with Gasteiger partial charge in [0.15, 0.2) is 5.75 Å². The normalized spacial score (nSPS) is 19.5. The Morgan fingerprint density at radius 2 is 1.83 bits per heavy atom. The number of rotatable bonds is 7. The van der Waals surface area contributed by atoms with Crippen LogP contribution in [0.5, 0.6) is 11.5 Å². The van der Waals surface area contributed by atoms with Gasteiger partial charge in [0, 0.05) is 38.8 Å². The minimum Gasteiger partial charge on any atom is -0.495 e. The highest BCUT2D eigenvalue weighted by Gasteiger charge is 2.37. The Morgan fingerprint density at radius 1 is 1.06 bits per heavy atom. The van der Waals surface area contributed by atoms with Crippen molar-refractivity contribution in [3.63, 3.8) is 0 Å². The number of amides is 2. The number of para-hydroxylation sites is 2. The molecule has 3 aliphatic heterocycles. The molecule has 0 aromatic heterocycles. The Hall–Kier alpha value is -3.02. The molecule has 5 rings (SSSR count). The summed E-state index contributed by atoms with van der Waals surface area (Å²) in [7, 11) is -2.25. The molecular formula is C25H32N4O6S. The van der Waals surface area contributed by atoms with E-state index in [0.717, 1.165) is 66.9 Å². The Balaban J connectivity index is 1.14. The van der Waals surface area contributed by atoms with Gasteiger partial charge in [0.05, 0.1) is 25.1 Å². The number of urea groups is 1. The molecule has 1 N–H and O–H groups in total. The number of hydrogen-bond donors (Lipinski definition) is 1. The van der Waals surface area contributed by atoms with Crippen LogP contribution in [0.15, 0.2) is 41.3 Å². The van der Waals surface area contributed by atoms with Crippen molar-refractivity contribution in [2.45, 2.75) is 30.6 Å². The molecule has 3 heterocycles. The number of carbonyl (C=O) groups is 1. The summed E-state index contributed by atoms with van der Waals surface area (Å²) in [6.45, 7) is 5.08. The van der Waals surface area contributed by atoms with E-state index in [2.05, 4.69) is 21.2 Å². The number of nitrogens with one attached hydrogen (secondary N) is 1. The molecule has 0 radical (unpaired) electrons. The fourth-order valence-corrected chi connectivity index (χ4v) is 6.48. The summed E-state index contributed by atoms with van der Waals surface area (Å²) in [5.41, 5.74) is 2.10. The van der Waals surface area contributed by atoms with Gasteiger partial charge in [-0.3, -0.25) is 4.90 Å². The highest BCUT2D eigenvalue weighted by Crippen LogP contribution is 2.37. The van der Waals surface area contributed by atoms with E-state index in [0.29, 0.717) is 25.2 Å². The first-order valence-corrected chi connectivity index (χ1v) is 13.8. The van der Waals surface area contributed by atoms with E-state index in [1.165, 1.54) is 6.07 Å². The third-order valence-corrected chi connectivity index (χ3v) is 8.73. The van der Waals surface area contributed by atoms with Crippen molar-refractivity contribution < 1.29 is 27.7 Å². The van der Waals surface area contributed by atoms with Gasteiger partial charge in [0.2, 0.25) is 0 Å². The van der Waals surface area contributed by atoms with Gasteiger partial charge in [-0.05, 0) is 56.0 Å². The number of anilines is 2. The molecule has 0 unspecified atom stereocenters. The van der Waals surface area contributed by atoms with Gasteiger partial charge in [0.1, 0.15) is 10.6 Å². The fourth-order valence-electron chi connectivity index (χ4n) is 4.93. The number of sulfonamides is 1. The number of piperazine rings is 1. The van der Waals surface area contributed by atoms with E-state index in [-0.39, 0.29) is 17.1 Å². The summed E-state index contributed by atoms with van der Waals surface area (Å²) in [5, 5.41) is 2.70. The van der Waals surface area contributed by atoms with Crippen LogP contribution >= 0.6 is 0 Å². The first-order chi connectivity index (χ1) is 17.5. The molecule has 0 aliphatic carbocycles. The first-order valence-electron chi connectivity index (χ1n) is 12.4. The second-order valence-electron chi connectivity index (χ2n) is 9.18. The molecule has 0 saturated carbocycles. The number of fused-ring (bicyclic) bond motifs is 2. The maximum absolute atomic E-state index is 13.3. The fraction of sp³-hybridized carbons (Fsp3) is 0.480. The lowest BCUT2D eigenvalue weighted by molar-refractivity contribution is -0.203. The Kier molecular flexibility index (Phi) is 7.22. The summed E-state index contributed by atoms with van der Waals surface area (Å²) >= 11 is 0. The van der Waals surface area contributed by atoms with Gasteiger partial charge in [-0.15, -0.1) is 0 Å². The molecule has 10 nitrogen and oxygen atoms in total. The second kappa shape index (κ2) is 10.5. The molecular weight excluding hydrogens is 484 g/mol. The summed E-state index contributed by atoms with van der Waals surface area (Å²) in [5.74, 6) is 1.33. The SMILES string of the molecule is COc1ccccc1N1CCN(CCCCN2C(=O)Nc3cc4c(cc3S2(=O)=O)CCCOO4)CC1. The van der Waals surface area contributed by atoms with Crippen molar-refractivity contribution in [2.24, 2.45) is 0 Å². The van der Waals surface area contributed by atoms with Gasteiger partial charge in [0.25, 0.3) is 10.0 Å². The number of aryl methyl sites for hydroxylation is 1. The summed E-state index contributed by atoms with van der Waals surface area (Å²) in [4.78, 5) is 27.8. The number of benzene rings is 2. The third-order valence-electron chi connectivity index (χ3n) is 6.91. The minimum atomic E-state index is -3.93. The molecule has 194 valence electrons. The first kappa shape index (κ1) is 24.7. The van der Waals surface area contributed by atoms with Crippen LogP contribution in [0.1, 0.15) is 24.8 Å². The van der Waals surface area contributed by atoms with Gasteiger partial charge < -0.3 is 19.8 Å². The molecule has 2 amide bonds. The largest absolute Gasteiger partial charge is 0.495 e. The van der Waals surface area contributed by atoms with Crippen LogP contribution in [0.4, 0.5) is 16.2 Å². The maximum Gasteiger partial charge on any atom is 0.335 e. The number of unbranched alkanes of at least 4 members (excludes halogenated alkanes) is 1. The van der Waals surface area contributed by atoms with Crippen LogP contribution in [-0.2, 0) is 21.3 Å². The van der Waals surface area contributed by atoms with Gasteiger partial charge >= 0.3 is 6.03 Å². The zero-order valence-corrected chi connectivity index (χ0v) is 21.3. The van der Waals surface area contributed by atoms with Crippen LogP contribution in [-0.4, -0.2) is 76.6 Å². The molecule has 1 fully saturated rings. The zero-order chi connectivity index (χ0) is 25.1. The van der Waals surface area contributed by atoms with Crippen LogP contribution < -0.4 is 19.8 Å². The topological polar surface area (TPSA) is 101 Å². The average molecular weight is 517 g/mol. The molecule has 11 heteroatoms. The second-order valence-corrected chi connectivity index (χ2v) is 11.0. The maximum atomic E-state index is 13.3. The number of methoxy groups -OCH3 is 1. The number of ether oxygens (including phenoxy) is 1. The molecule has 3 aliphatic rings. The van der Waals surface area contributed by atoms with E-state index in [1.54, 1.807) is 13.2 Å². The van der Waals surface area contributed by atoms with E-state index in [9.17, 15) is 13.2 Å². The van der Waals surface area contributed by atoms with Crippen LogP contribution in [0.25, 0.3) is 0 Å². The summed E-state index contributed by atoms with van der Waals surface area (Å²) in [6.07, 6.45) is 2.78. The van der Waals surface area contributed by atoms with Crippen molar-refractivity contribution in [3.8, 4) is 11.5 Å². The summed E-state index contributed by atoms with van der Waals surface area (Å²) < 4.78 is 33.0. The molecule has 0 spiro atoms. The number of carbonyl (C=O) groups excluding carboxylic acids is 1. The molecule has 36 heavy (non-hydrogen) atoms. The lowest BCUT2D eigenvalue weighted by Crippen LogP contribution is -2.47. The smallest absolute Gasteiger partial charge is 0.335 e. The predicted octanol–water partition coefficient (Wildman–Crippen LogP) is 3.09. The van der Waals surface area contributed by atoms with Gasteiger partial charge in [-0.1, -0.05) is 12.1 Å². The third kappa shape index (κ3) is 4.95. The quantitative estimate of drug-likeness (QED) is 0.443. The van der Waals surface area contributed by atoms with E-state index >= 15 is 0 Å². The van der Waals surface area contributed by atoms with Crippen LogP contribution in [0.2, 0.25) is 0 Å².